The van der Waals surface area contributed by atoms with Crippen molar-refractivity contribution in [3.8, 4) is 11.5 Å². The van der Waals surface area contributed by atoms with Gasteiger partial charge in [-0.05, 0) is 18.2 Å². The zero-order valence-electron chi connectivity index (χ0n) is 14.1. The minimum atomic E-state index is -4.81. The van der Waals surface area contributed by atoms with Crippen LogP contribution in [0.2, 0.25) is 0 Å². The number of nitrogens with one attached hydrogen (secondary N) is 1. The van der Waals surface area contributed by atoms with Gasteiger partial charge in [0.2, 0.25) is 0 Å². The first-order chi connectivity index (χ1) is 12.7. The number of nitro benzene ring substituents is 1. The third-order valence-corrected chi connectivity index (χ3v) is 3.43. The highest BCUT2D eigenvalue weighted by atomic mass is 19.4. The van der Waals surface area contributed by atoms with Gasteiger partial charge in [0.25, 0.3) is 11.6 Å². The molecule has 0 fully saturated rings. The molecule has 0 saturated heterocycles. The van der Waals surface area contributed by atoms with Crippen LogP contribution in [0.4, 0.5) is 18.9 Å². The number of ether oxygens (including phenoxy) is 2. The van der Waals surface area contributed by atoms with Gasteiger partial charge >= 0.3 is 6.18 Å². The molecule has 0 aliphatic rings. The number of carbonyl (C=O) groups is 1. The Hall–Kier alpha value is -3.30. The van der Waals surface area contributed by atoms with Gasteiger partial charge in [-0.1, -0.05) is 12.1 Å². The van der Waals surface area contributed by atoms with Gasteiger partial charge in [-0.2, -0.15) is 13.2 Å². The number of rotatable bonds is 7. The Kier molecular flexibility index (Phi) is 6.22. The molecule has 2 rings (SSSR count). The number of nitro groups is 1. The molecular weight excluding hydrogens is 369 g/mol. The van der Waals surface area contributed by atoms with Gasteiger partial charge in [0, 0.05) is 17.7 Å². The molecular formula is C17H15F3N2O5. The summed E-state index contributed by atoms with van der Waals surface area (Å²) in [6.45, 7) is -0.00586. The van der Waals surface area contributed by atoms with Crippen molar-refractivity contribution in [1.82, 2.24) is 5.32 Å². The number of nitrogens with zero attached hydrogens (tertiary/aromatic N) is 1. The highest BCUT2D eigenvalue weighted by Gasteiger charge is 2.33. The van der Waals surface area contributed by atoms with E-state index in [0.717, 1.165) is 6.07 Å². The van der Waals surface area contributed by atoms with Gasteiger partial charge in [-0.25, -0.2) is 0 Å². The van der Waals surface area contributed by atoms with E-state index in [1.54, 1.807) is 24.3 Å². The summed E-state index contributed by atoms with van der Waals surface area (Å²) in [7, 11) is 1.46. The molecule has 0 aromatic heterocycles. The number of methoxy groups -OCH3 is 1. The van der Waals surface area contributed by atoms with E-state index in [4.69, 9.17) is 9.47 Å². The van der Waals surface area contributed by atoms with E-state index in [1.165, 1.54) is 7.11 Å². The van der Waals surface area contributed by atoms with Crippen molar-refractivity contribution in [2.24, 2.45) is 0 Å². The first-order valence-electron chi connectivity index (χ1n) is 7.63. The SMILES string of the molecule is COc1ccccc1OCCNC(=O)c1cc([N+](=O)[O-])cc(C(F)(F)F)c1. The highest BCUT2D eigenvalue weighted by molar-refractivity contribution is 5.95. The van der Waals surface area contributed by atoms with Crippen LogP contribution >= 0.6 is 0 Å². The molecule has 0 aliphatic carbocycles. The largest absolute Gasteiger partial charge is 0.493 e. The lowest BCUT2D eigenvalue weighted by molar-refractivity contribution is -0.385. The van der Waals surface area contributed by atoms with Crippen LogP contribution < -0.4 is 14.8 Å². The summed E-state index contributed by atoms with van der Waals surface area (Å²) in [6, 6.07) is 8.51. The topological polar surface area (TPSA) is 90.7 Å². The van der Waals surface area contributed by atoms with Crippen LogP contribution in [0.15, 0.2) is 42.5 Å². The zero-order chi connectivity index (χ0) is 20.0. The molecule has 0 spiro atoms. The van der Waals surface area contributed by atoms with Gasteiger partial charge < -0.3 is 14.8 Å². The van der Waals surface area contributed by atoms with Crippen molar-refractivity contribution in [2.45, 2.75) is 6.18 Å². The molecule has 0 unspecified atom stereocenters. The van der Waals surface area contributed by atoms with E-state index in [1.807, 2.05) is 0 Å². The Balaban J connectivity index is 2.03. The average molecular weight is 384 g/mol. The fraction of sp³-hybridized carbons (Fsp3) is 0.235. The van der Waals surface area contributed by atoms with E-state index in [0.29, 0.717) is 23.6 Å². The maximum atomic E-state index is 12.9. The standard InChI is InChI=1S/C17H15F3N2O5/c1-26-14-4-2-3-5-15(14)27-7-6-21-16(23)11-8-12(17(18,19)20)10-13(9-11)22(24)25/h2-5,8-10H,6-7H2,1H3,(H,21,23). The fourth-order valence-electron chi connectivity index (χ4n) is 2.18. The summed E-state index contributed by atoms with van der Waals surface area (Å²) in [4.78, 5) is 21.9. The maximum absolute atomic E-state index is 12.9. The highest BCUT2D eigenvalue weighted by Crippen LogP contribution is 2.32. The van der Waals surface area contributed by atoms with Crippen molar-refractivity contribution in [3.63, 3.8) is 0 Å². The second-order valence-corrected chi connectivity index (χ2v) is 5.28. The van der Waals surface area contributed by atoms with Gasteiger partial charge in [-0.15, -0.1) is 0 Å². The Bertz CT molecular complexity index is 840. The number of alkyl halides is 3. The average Bonchev–Trinajstić information content (AvgIpc) is 2.64. The summed E-state index contributed by atoms with van der Waals surface area (Å²) in [5.74, 6) is 0.0362. The van der Waals surface area contributed by atoms with Crippen LogP contribution in [0, 0.1) is 10.1 Å². The second kappa shape index (κ2) is 8.39. The van der Waals surface area contributed by atoms with Crippen LogP contribution in [0.5, 0.6) is 11.5 Å². The van der Waals surface area contributed by atoms with Crippen LogP contribution in [0.1, 0.15) is 15.9 Å². The second-order valence-electron chi connectivity index (χ2n) is 5.28. The molecule has 0 saturated carbocycles. The van der Waals surface area contributed by atoms with E-state index in [9.17, 15) is 28.1 Å². The van der Waals surface area contributed by atoms with Crippen LogP contribution in [0.3, 0.4) is 0 Å². The molecule has 0 heterocycles. The van der Waals surface area contributed by atoms with E-state index < -0.39 is 33.8 Å². The number of carbonyl (C=O) groups excluding carboxylic acids is 1. The lowest BCUT2D eigenvalue weighted by Gasteiger charge is -2.12. The Labute approximate surface area is 151 Å². The first kappa shape index (κ1) is 20.0. The summed E-state index contributed by atoms with van der Waals surface area (Å²) in [6.07, 6.45) is -4.81. The molecule has 0 aliphatic heterocycles. The molecule has 0 radical (unpaired) electrons. The lowest BCUT2D eigenvalue weighted by Crippen LogP contribution is -2.28. The van der Waals surface area contributed by atoms with Crippen LogP contribution in [-0.4, -0.2) is 31.1 Å². The number of amides is 1. The van der Waals surface area contributed by atoms with E-state index in [2.05, 4.69) is 5.32 Å². The predicted molar refractivity (Wildman–Crippen MR) is 88.9 cm³/mol. The molecule has 0 bridgehead atoms. The van der Waals surface area contributed by atoms with Gasteiger partial charge in [0.1, 0.15) is 6.61 Å². The summed E-state index contributed by atoms with van der Waals surface area (Å²) in [5.41, 5.74) is -2.55. The fourth-order valence-corrected chi connectivity index (χ4v) is 2.18. The molecule has 2 aromatic rings. The minimum absolute atomic E-state index is 0.0210. The predicted octanol–water partition coefficient (Wildman–Crippen LogP) is 3.43. The smallest absolute Gasteiger partial charge is 0.416 e. The van der Waals surface area contributed by atoms with Crippen molar-refractivity contribution in [2.75, 3.05) is 20.3 Å². The molecule has 0 atom stereocenters. The molecule has 27 heavy (non-hydrogen) atoms. The normalized spacial score (nSPS) is 11.0. The summed E-state index contributed by atoms with van der Waals surface area (Å²) >= 11 is 0. The molecule has 10 heteroatoms. The van der Waals surface area contributed by atoms with Crippen LogP contribution in [-0.2, 0) is 6.18 Å². The minimum Gasteiger partial charge on any atom is -0.493 e. The van der Waals surface area contributed by atoms with E-state index in [-0.39, 0.29) is 13.2 Å². The Morgan fingerprint density at radius 2 is 1.85 bits per heavy atom. The number of benzene rings is 2. The van der Waals surface area contributed by atoms with Crippen molar-refractivity contribution < 1.29 is 32.4 Å². The number of hydrogen-bond donors (Lipinski definition) is 1. The molecule has 7 nitrogen and oxygen atoms in total. The monoisotopic (exact) mass is 384 g/mol. The van der Waals surface area contributed by atoms with Crippen molar-refractivity contribution in [3.05, 3.63) is 63.7 Å². The van der Waals surface area contributed by atoms with Crippen LogP contribution in [0.25, 0.3) is 0 Å². The summed E-state index contributed by atoms with van der Waals surface area (Å²) < 4.78 is 49.1. The molecule has 144 valence electrons. The third-order valence-electron chi connectivity index (χ3n) is 3.43. The molecule has 1 amide bonds. The van der Waals surface area contributed by atoms with E-state index >= 15 is 0 Å². The first-order valence-corrected chi connectivity index (χ1v) is 7.63. The third kappa shape index (κ3) is 5.33. The molecule has 1 N–H and O–H groups in total. The number of non-ortho nitro benzene ring substituents is 1. The maximum Gasteiger partial charge on any atom is 0.416 e. The molecule has 2 aromatic carbocycles. The quantitative estimate of drug-likeness (QED) is 0.449. The Morgan fingerprint density at radius 3 is 2.44 bits per heavy atom. The zero-order valence-corrected chi connectivity index (χ0v) is 14.1. The number of halogens is 3. The van der Waals surface area contributed by atoms with Gasteiger partial charge in [-0.3, -0.25) is 14.9 Å². The lowest BCUT2D eigenvalue weighted by atomic mass is 10.1. The Morgan fingerprint density at radius 1 is 1.19 bits per heavy atom. The number of para-hydroxylation sites is 2. The summed E-state index contributed by atoms with van der Waals surface area (Å²) in [5, 5.41) is 13.2. The van der Waals surface area contributed by atoms with Gasteiger partial charge in [0.15, 0.2) is 11.5 Å². The van der Waals surface area contributed by atoms with Gasteiger partial charge in [0.05, 0.1) is 24.1 Å². The number of hydrogen-bond acceptors (Lipinski definition) is 5. The van der Waals surface area contributed by atoms with Crippen molar-refractivity contribution in [1.29, 1.82) is 0 Å². The van der Waals surface area contributed by atoms with Crippen molar-refractivity contribution >= 4 is 11.6 Å².